The molecule has 1 aromatic carbocycles. The van der Waals surface area contributed by atoms with E-state index in [-0.39, 0.29) is 11.9 Å². The quantitative estimate of drug-likeness (QED) is 0.882. The number of fused-ring (bicyclic) bond motifs is 1. The van der Waals surface area contributed by atoms with Crippen LogP contribution in [-0.2, 0) is 17.6 Å². The molecule has 18 heavy (non-hydrogen) atoms. The van der Waals surface area contributed by atoms with Crippen molar-refractivity contribution >= 4 is 11.6 Å². The molecule has 0 atom stereocenters. The van der Waals surface area contributed by atoms with E-state index in [1.807, 2.05) is 11.9 Å². The highest BCUT2D eigenvalue weighted by molar-refractivity contribution is 5.96. The largest absolute Gasteiger partial charge is 0.319 e. The number of benzene rings is 1. The standard InChI is InChI=1S/C15H22N2O/c1-11(2)17-14-6-4-12(8-9-16-3)10-13(14)5-7-15(17)18/h4,6,10-11,16H,5,7-9H2,1-3H3. The zero-order valence-electron chi connectivity index (χ0n) is 11.5. The molecule has 1 amide bonds. The highest BCUT2D eigenvalue weighted by atomic mass is 16.2. The number of hydrogen-bond donors (Lipinski definition) is 1. The highest BCUT2D eigenvalue weighted by Crippen LogP contribution is 2.30. The first kappa shape index (κ1) is 13.1. The summed E-state index contributed by atoms with van der Waals surface area (Å²) in [7, 11) is 1.97. The van der Waals surface area contributed by atoms with Crippen LogP contribution >= 0.6 is 0 Å². The number of anilines is 1. The average molecular weight is 246 g/mol. The third-order valence-corrected chi connectivity index (χ3v) is 3.46. The van der Waals surface area contributed by atoms with Gasteiger partial charge in [0.1, 0.15) is 0 Å². The Morgan fingerprint density at radius 3 is 2.78 bits per heavy atom. The number of likely N-dealkylation sites (N-methyl/N-ethyl adjacent to an activating group) is 1. The summed E-state index contributed by atoms with van der Waals surface area (Å²) in [6, 6.07) is 6.75. The third kappa shape index (κ3) is 2.56. The van der Waals surface area contributed by atoms with Gasteiger partial charge in [0, 0.05) is 18.2 Å². The van der Waals surface area contributed by atoms with Crippen LogP contribution in [0.1, 0.15) is 31.4 Å². The lowest BCUT2D eigenvalue weighted by atomic mass is 9.96. The first-order valence-electron chi connectivity index (χ1n) is 6.72. The molecule has 0 saturated carbocycles. The second-order valence-corrected chi connectivity index (χ2v) is 5.17. The highest BCUT2D eigenvalue weighted by Gasteiger charge is 2.25. The molecule has 0 radical (unpaired) electrons. The summed E-state index contributed by atoms with van der Waals surface area (Å²) in [6.45, 7) is 5.13. The van der Waals surface area contributed by atoms with E-state index in [9.17, 15) is 4.79 Å². The molecule has 0 aromatic heterocycles. The second-order valence-electron chi connectivity index (χ2n) is 5.17. The van der Waals surface area contributed by atoms with Crippen molar-refractivity contribution < 1.29 is 4.79 Å². The van der Waals surface area contributed by atoms with E-state index in [0.29, 0.717) is 6.42 Å². The third-order valence-electron chi connectivity index (χ3n) is 3.46. The Bertz CT molecular complexity index is 440. The van der Waals surface area contributed by atoms with Gasteiger partial charge in [-0.15, -0.1) is 0 Å². The lowest BCUT2D eigenvalue weighted by molar-refractivity contribution is -0.119. The zero-order chi connectivity index (χ0) is 13.1. The molecule has 0 fully saturated rings. The Morgan fingerprint density at radius 2 is 2.11 bits per heavy atom. The average Bonchev–Trinajstić information content (AvgIpc) is 2.35. The molecule has 1 aliphatic heterocycles. The fourth-order valence-corrected chi connectivity index (χ4v) is 2.56. The second kappa shape index (κ2) is 5.53. The number of amides is 1. The first-order valence-corrected chi connectivity index (χ1v) is 6.72. The molecule has 0 unspecified atom stereocenters. The van der Waals surface area contributed by atoms with Crippen LogP contribution in [0.2, 0.25) is 0 Å². The number of hydrogen-bond acceptors (Lipinski definition) is 2. The molecule has 3 heteroatoms. The van der Waals surface area contributed by atoms with Crippen LogP contribution in [0, 0.1) is 0 Å². The van der Waals surface area contributed by atoms with E-state index < -0.39 is 0 Å². The van der Waals surface area contributed by atoms with Crippen molar-refractivity contribution in [3.63, 3.8) is 0 Å². The summed E-state index contributed by atoms with van der Waals surface area (Å²) in [5.41, 5.74) is 3.77. The Labute approximate surface area is 109 Å². The van der Waals surface area contributed by atoms with E-state index in [2.05, 4.69) is 37.4 Å². The Balaban J connectivity index is 2.28. The molecular weight excluding hydrogens is 224 g/mol. The van der Waals surface area contributed by atoms with Crippen molar-refractivity contribution in [1.82, 2.24) is 5.32 Å². The summed E-state index contributed by atoms with van der Waals surface area (Å²) < 4.78 is 0. The number of aryl methyl sites for hydroxylation is 1. The van der Waals surface area contributed by atoms with E-state index in [1.165, 1.54) is 11.1 Å². The number of carbonyl (C=O) groups excluding carboxylic acids is 1. The maximum Gasteiger partial charge on any atom is 0.227 e. The van der Waals surface area contributed by atoms with Crippen molar-refractivity contribution in [3.8, 4) is 0 Å². The van der Waals surface area contributed by atoms with Gasteiger partial charge in [0.05, 0.1) is 0 Å². The molecule has 0 bridgehead atoms. The van der Waals surface area contributed by atoms with Gasteiger partial charge in [0.25, 0.3) is 0 Å². The Morgan fingerprint density at radius 1 is 1.33 bits per heavy atom. The summed E-state index contributed by atoms with van der Waals surface area (Å²) in [5.74, 6) is 0.250. The van der Waals surface area contributed by atoms with Crippen LogP contribution in [0.4, 0.5) is 5.69 Å². The topological polar surface area (TPSA) is 32.3 Å². The van der Waals surface area contributed by atoms with Crippen LogP contribution in [0.15, 0.2) is 18.2 Å². The SMILES string of the molecule is CNCCc1ccc2c(c1)CCC(=O)N2C(C)C. The Kier molecular flexibility index (Phi) is 4.02. The number of carbonyl (C=O) groups is 1. The predicted molar refractivity (Wildman–Crippen MR) is 75.0 cm³/mol. The van der Waals surface area contributed by atoms with E-state index in [4.69, 9.17) is 0 Å². The number of nitrogens with one attached hydrogen (secondary N) is 1. The molecule has 0 saturated heterocycles. The van der Waals surface area contributed by atoms with Crippen LogP contribution in [0.3, 0.4) is 0 Å². The molecule has 0 spiro atoms. The maximum absolute atomic E-state index is 12.0. The van der Waals surface area contributed by atoms with Crippen molar-refractivity contribution in [2.45, 2.75) is 39.2 Å². The van der Waals surface area contributed by atoms with Crippen LogP contribution in [-0.4, -0.2) is 25.5 Å². The molecule has 1 aromatic rings. The van der Waals surface area contributed by atoms with Crippen molar-refractivity contribution in [1.29, 1.82) is 0 Å². The minimum Gasteiger partial charge on any atom is -0.319 e. The fourth-order valence-electron chi connectivity index (χ4n) is 2.56. The van der Waals surface area contributed by atoms with E-state index in [0.717, 1.165) is 25.1 Å². The first-order chi connectivity index (χ1) is 8.63. The molecule has 1 N–H and O–H groups in total. The minimum atomic E-state index is 0.236. The van der Waals surface area contributed by atoms with Gasteiger partial charge >= 0.3 is 0 Å². The molecule has 98 valence electrons. The minimum absolute atomic E-state index is 0.236. The van der Waals surface area contributed by atoms with Gasteiger partial charge in [-0.1, -0.05) is 12.1 Å². The van der Waals surface area contributed by atoms with Gasteiger partial charge in [0.15, 0.2) is 0 Å². The molecule has 3 nitrogen and oxygen atoms in total. The van der Waals surface area contributed by atoms with E-state index >= 15 is 0 Å². The fraction of sp³-hybridized carbons (Fsp3) is 0.533. The van der Waals surface area contributed by atoms with Gasteiger partial charge < -0.3 is 10.2 Å². The lowest BCUT2D eigenvalue weighted by Crippen LogP contribution is -2.40. The number of rotatable bonds is 4. The van der Waals surface area contributed by atoms with Gasteiger partial charge in [-0.2, -0.15) is 0 Å². The summed E-state index contributed by atoms with van der Waals surface area (Å²) in [5, 5.41) is 3.17. The summed E-state index contributed by atoms with van der Waals surface area (Å²) in [4.78, 5) is 13.9. The summed E-state index contributed by atoms with van der Waals surface area (Å²) >= 11 is 0. The molecule has 2 rings (SSSR count). The number of nitrogens with zero attached hydrogens (tertiary/aromatic N) is 1. The smallest absolute Gasteiger partial charge is 0.227 e. The van der Waals surface area contributed by atoms with Gasteiger partial charge in [-0.25, -0.2) is 0 Å². The normalized spacial score (nSPS) is 15.1. The van der Waals surface area contributed by atoms with E-state index in [1.54, 1.807) is 0 Å². The maximum atomic E-state index is 12.0. The Hall–Kier alpha value is -1.35. The molecule has 0 aliphatic carbocycles. The molecule has 1 heterocycles. The van der Waals surface area contributed by atoms with Gasteiger partial charge in [0.2, 0.25) is 5.91 Å². The van der Waals surface area contributed by atoms with Gasteiger partial charge in [-0.3, -0.25) is 4.79 Å². The molecular formula is C15H22N2O. The predicted octanol–water partition coefficient (Wildman–Crippen LogP) is 2.14. The van der Waals surface area contributed by atoms with Crippen molar-refractivity contribution in [2.24, 2.45) is 0 Å². The van der Waals surface area contributed by atoms with Crippen molar-refractivity contribution in [3.05, 3.63) is 29.3 Å². The monoisotopic (exact) mass is 246 g/mol. The van der Waals surface area contributed by atoms with Crippen molar-refractivity contribution in [2.75, 3.05) is 18.5 Å². The van der Waals surface area contributed by atoms with Crippen LogP contribution < -0.4 is 10.2 Å². The zero-order valence-corrected chi connectivity index (χ0v) is 11.5. The summed E-state index contributed by atoms with van der Waals surface area (Å²) in [6.07, 6.45) is 2.56. The van der Waals surface area contributed by atoms with Crippen LogP contribution in [0.25, 0.3) is 0 Å². The van der Waals surface area contributed by atoms with Gasteiger partial charge in [-0.05, 0) is 57.5 Å². The molecule has 1 aliphatic rings. The lowest BCUT2D eigenvalue weighted by Gasteiger charge is -2.33. The van der Waals surface area contributed by atoms with Crippen LogP contribution in [0.5, 0.6) is 0 Å².